The molecule has 0 aromatic heterocycles. The second kappa shape index (κ2) is 6.04. The molecule has 3 aliphatic rings. The summed E-state index contributed by atoms with van der Waals surface area (Å²) in [5.41, 5.74) is 1.74. The number of fused-ring (bicyclic) bond motifs is 3. The standard InChI is InChI=1S/C22H34O2/c1-6-20(3)14-11-17-16(15-20)9-10-18-21(17,4)12-8-13-22(18,5)19(23)24-7-2/h6,15,17-18H,1,7-14H2,2-5H3. The summed E-state index contributed by atoms with van der Waals surface area (Å²) < 4.78 is 5.50. The number of hydrogen-bond donors (Lipinski definition) is 0. The number of carbonyl (C=O) groups excluding carboxylic acids is 1. The first-order chi connectivity index (χ1) is 11.3. The molecule has 0 aliphatic heterocycles. The summed E-state index contributed by atoms with van der Waals surface area (Å²) in [5.74, 6) is 1.13. The molecule has 0 spiro atoms. The molecule has 3 rings (SSSR count). The van der Waals surface area contributed by atoms with Crippen molar-refractivity contribution in [3.8, 4) is 0 Å². The zero-order valence-electron chi connectivity index (χ0n) is 16.0. The van der Waals surface area contributed by atoms with Gasteiger partial charge in [-0.1, -0.05) is 38.0 Å². The monoisotopic (exact) mass is 330 g/mol. The van der Waals surface area contributed by atoms with Crippen LogP contribution >= 0.6 is 0 Å². The number of hydrogen-bond acceptors (Lipinski definition) is 2. The maximum absolute atomic E-state index is 12.8. The van der Waals surface area contributed by atoms with Gasteiger partial charge >= 0.3 is 5.97 Å². The third kappa shape index (κ3) is 2.57. The van der Waals surface area contributed by atoms with Crippen molar-refractivity contribution in [1.82, 2.24) is 0 Å². The Morgan fingerprint density at radius 1 is 1.29 bits per heavy atom. The molecule has 24 heavy (non-hydrogen) atoms. The topological polar surface area (TPSA) is 26.3 Å². The first kappa shape index (κ1) is 17.8. The first-order valence-electron chi connectivity index (χ1n) is 9.81. The van der Waals surface area contributed by atoms with Crippen LogP contribution in [0, 0.1) is 28.1 Å². The van der Waals surface area contributed by atoms with Gasteiger partial charge < -0.3 is 4.74 Å². The van der Waals surface area contributed by atoms with Crippen LogP contribution in [0.2, 0.25) is 0 Å². The predicted octanol–water partition coefficient (Wildman–Crippen LogP) is 5.68. The maximum Gasteiger partial charge on any atom is 0.312 e. The fraction of sp³-hybridized carbons (Fsp3) is 0.773. The van der Waals surface area contributed by atoms with Crippen molar-refractivity contribution in [1.29, 1.82) is 0 Å². The van der Waals surface area contributed by atoms with Gasteiger partial charge in [0, 0.05) is 5.41 Å². The SMILES string of the molecule is C=CC1(C)C=C2CCC3C(C)(C(=O)OCC)CCCC3(C)C2CC1. The zero-order chi connectivity index (χ0) is 17.6. The molecule has 0 heterocycles. The lowest BCUT2D eigenvalue weighted by Gasteiger charge is -2.59. The van der Waals surface area contributed by atoms with E-state index in [0.717, 1.165) is 25.7 Å². The van der Waals surface area contributed by atoms with E-state index in [0.29, 0.717) is 18.4 Å². The second-order valence-electron chi connectivity index (χ2n) is 9.11. The highest BCUT2D eigenvalue weighted by atomic mass is 16.5. The molecular weight excluding hydrogens is 296 g/mol. The fourth-order valence-electron chi connectivity index (χ4n) is 6.23. The van der Waals surface area contributed by atoms with Gasteiger partial charge in [0.1, 0.15) is 0 Å². The number of ether oxygens (including phenoxy) is 1. The molecule has 5 unspecified atom stereocenters. The smallest absolute Gasteiger partial charge is 0.312 e. The van der Waals surface area contributed by atoms with Crippen LogP contribution in [0.4, 0.5) is 0 Å². The molecule has 5 atom stereocenters. The highest BCUT2D eigenvalue weighted by Crippen LogP contribution is 2.64. The van der Waals surface area contributed by atoms with Crippen molar-refractivity contribution in [2.75, 3.05) is 6.61 Å². The third-order valence-corrected chi connectivity index (χ3v) is 7.64. The molecular formula is C22H34O2. The predicted molar refractivity (Wildman–Crippen MR) is 98.5 cm³/mol. The minimum Gasteiger partial charge on any atom is -0.466 e. The summed E-state index contributed by atoms with van der Waals surface area (Å²) >= 11 is 0. The van der Waals surface area contributed by atoms with Gasteiger partial charge in [0.15, 0.2) is 0 Å². The zero-order valence-corrected chi connectivity index (χ0v) is 16.0. The van der Waals surface area contributed by atoms with Crippen LogP contribution in [0.15, 0.2) is 24.3 Å². The highest BCUT2D eigenvalue weighted by Gasteiger charge is 2.58. The molecule has 2 saturated carbocycles. The summed E-state index contributed by atoms with van der Waals surface area (Å²) in [5, 5.41) is 0. The van der Waals surface area contributed by atoms with Gasteiger partial charge in [0.2, 0.25) is 0 Å². The lowest BCUT2D eigenvalue weighted by molar-refractivity contribution is -0.170. The van der Waals surface area contributed by atoms with E-state index in [2.05, 4.69) is 39.5 Å². The van der Waals surface area contributed by atoms with Crippen LogP contribution < -0.4 is 0 Å². The molecule has 0 bridgehead atoms. The van der Waals surface area contributed by atoms with Crippen LogP contribution in [-0.2, 0) is 9.53 Å². The van der Waals surface area contributed by atoms with E-state index in [1.807, 2.05) is 6.92 Å². The van der Waals surface area contributed by atoms with Crippen molar-refractivity contribution >= 4 is 5.97 Å². The fourth-order valence-corrected chi connectivity index (χ4v) is 6.23. The van der Waals surface area contributed by atoms with Gasteiger partial charge in [0.25, 0.3) is 0 Å². The van der Waals surface area contributed by atoms with E-state index in [9.17, 15) is 4.79 Å². The summed E-state index contributed by atoms with van der Waals surface area (Å²) in [6, 6.07) is 0. The molecule has 0 amide bonds. The molecule has 0 saturated heterocycles. The largest absolute Gasteiger partial charge is 0.466 e. The quantitative estimate of drug-likeness (QED) is 0.491. The lowest BCUT2D eigenvalue weighted by Crippen LogP contribution is -2.54. The molecule has 0 N–H and O–H groups in total. The number of rotatable bonds is 3. The Morgan fingerprint density at radius 2 is 2.04 bits per heavy atom. The van der Waals surface area contributed by atoms with Gasteiger partial charge in [-0.25, -0.2) is 0 Å². The maximum atomic E-state index is 12.8. The van der Waals surface area contributed by atoms with E-state index in [1.165, 1.54) is 19.3 Å². The summed E-state index contributed by atoms with van der Waals surface area (Å²) in [7, 11) is 0. The van der Waals surface area contributed by atoms with Crippen molar-refractivity contribution in [3.05, 3.63) is 24.3 Å². The summed E-state index contributed by atoms with van der Waals surface area (Å²) in [4.78, 5) is 12.8. The normalized spacial score (nSPS) is 44.8. The van der Waals surface area contributed by atoms with Gasteiger partial charge in [-0.15, -0.1) is 6.58 Å². The Hall–Kier alpha value is -1.05. The summed E-state index contributed by atoms with van der Waals surface area (Å²) in [6.45, 7) is 13.4. The lowest BCUT2D eigenvalue weighted by atomic mass is 9.45. The van der Waals surface area contributed by atoms with Crippen molar-refractivity contribution in [2.45, 2.75) is 72.6 Å². The third-order valence-electron chi connectivity index (χ3n) is 7.64. The Kier molecular flexibility index (Phi) is 4.47. The Bertz CT molecular complexity index is 562. The van der Waals surface area contributed by atoms with Gasteiger partial charge in [-0.3, -0.25) is 4.79 Å². The molecule has 3 aliphatic carbocycles. The summed E-state index contributed by atoms with van der Waals surface area (Å²) in [6.07, 6.45) is 12.7. The van der Waals surface area contributed by atoms with Crippen LogP contribution in [0.1, 0.15) is 72.6 Å². The Balaban J connectivity index is 1.95. The van der Waals surface area contributed by atoms with E-state index in [1.54, 1.807) is 5.57 Å². The van der Waals surface area contributed by atoms with Crippen molar-refractivity contribution in [3.63, 3.8) is 0 Å². The molecule has 2 nitrogen and oxygen atoms in total. The molecule has 2 heteroatoms. The van der Waals surface area contributed by atoms with Gasteiger partial charge in [-0.05, 0) is 69.6 Å². The Labute approximate surface area is 147 Å². The molecule has 0 aromatic rings. The molecule has 134 valence electrons. The van der Waals surface area contributed by atoms with Crippen molar-refractivity contribution < 1.29 is 9.53 Å². The molecule has 0 radical (unpaired) electrons. The average Bonchev–Trinajstić information content (AvgIpc) is 2.54. The van der Waals surface area contributed by atoms with E-state index in [4.69, 9.17) is 4.74 Å². The second-order valence-corrected chi connectivity index (χ2v) is 9.11. The van der Waals surface area contributed by atoms with Crippen LogP contribution in [0.5, 0.6) is 0 Å². The van der Waals surface area contributed by atoms with Crippen LogP contribution in [0.3, 0.4) is 0 Å². The van der Waals surface area contributed by atoms with E-state index >= 15 is 0 Å². The minimum atomic E-state index is -0.298. The van der Waals surface area contributed by atoms with E-state index < -0.39 is 0 Å². The van der Waals surface area contributed by atoms with Gasteiger partial charge in [-0.2, -0.15) is 0 Å². The van der Waals surface area contributed by atoms with Gasteiger partial charge in [0.05, 0.1) is 12.0 Å². The molecule has 2 fully saturated rings. The van der Waals surface area contributed by atoms with Crippen LogP contribution in [0.25, 0.3) is 0 Å². The Morgan fingerprint density at radius 3 is 2.71 bits per heavy atom. The highest BCUT2D eigenvalue weighted by molar-refractivity contribution is 5.77. The number of esters is 1. The van der Waals surface area contributed by atoms with Crippen molar-refractivity contribution in [2.24, 2.45) is 28.1 Å². The minimum absolute atomic E-state index is 0.0418. The number of carbonyl (C=O) groups is 1. The molecule has 0 aromatic carbocycles. The number of allylic oxidation sites excluding steroid dienone is 3. The average molecular weight is 331 g/mol. The first-order valence-corrected chi connectivity index (χ1v) is 9.81. The van der Waals surface area contributed by atoms with Crippen LogP contribution in [-0.4, -0.2) is 12.6 Å². The van der Waals surface area contributed by atoms with E-state index in [-0.39, 0.29) is 22.2 Å².